The molecule has 1 saturated heterocycles. The van der Waals surface area contributed by atoms with Crippen LogP contribution in [0, 0.1) is 50.5 Å². The Morgan fingerprint density at radius 1 is 0.883 bits per heavy atom. The van der Waals surface area contributed by atoms with E-state index < -0.39 is 116 Å². The number of halogens is 5. The van der Waals surface area contributed by atoms with Gasteiger partial charge in [-0.05, 0) is 84.5 Å². The molecule has 324 valence electrons. The van der Waals surface area contributed by atoms with Gasteiger partial charge in [0, 0.05) is 23.1 Å². The summed E-state index contributed by atoms with van der Waals surface area (Å²) < 4.78 is 89.0. The first-order valence-electron chi connectivity index (χ1n) is 18.6. The van der Waals surface area contributed by atoms with Gasteiger partial charge in [-0.3, -0.25) is 29.4 Å². The predicted molar refractivity (Wildman–Crippen MR) is 219 cm³/mol. The highest BCUT2D eigenvalue weighted by Gasteiger charge is 2.56. The molecule has 11 nitrogen and oxygen atoms in total. The SMILES string of the molecule is CCS[C@@H]1[C@@H]([C@@H](C)O[Si](C)(C)C(C)(C)C)C(=O)N1C(C(=O)OCc1ccc([N+](=O)[O-])cc1)=C(Oc1ccc(C(=O)c2c(F)c(F)c(F)c(F)c2F)cc1)SC(=O)C(C)(C)C. The van der Waals surface area contributed by atoms with E-state index in [1.165, 1.54) is 40.9 Å². The van der Waals surface area contributed by atoms with E-state index in [-0.39, 0.29) is 16.5 Å². The van der Waals surface area contributed by atoms with Gasteiger partial charge in [-0.15, -0.1) is 11.8 Å². The van der Waals surface area contributed by atoms with Crippen molar-refractivity contribution in [2.45, 2.75) is 91.6 Å². The molecular weight excluding hydrogens is 852 g/mol. The van der Waals surface area contributed by atoms with E-state index in [2.05, 4.69) is 20.8 Å². The lowest BCUT2D eigenvalue weighted by Crippen LogP contribution is -2.64. The minimum Gasteiger partial charge on any atom is -0.456 e. The van der Waals surface area contributed by atoms with Crippen molar-refractivity contribution in [1.29, 1.82) is 0 Å². The van der Waals surface area contributed by atoms with Crippen LogP contribution < -0.4 is 4.74 Å². The Morgan fingerprint density at radius 3 is 1.90 bits per heavy atom. The molecule has 1 fully saturated rings. The smallest absolute Gasteiger partial charge is 0.359 e. The maximum absolute atomic E-state index is 14.5. The normalized spacial score (nSPS) is 16.8. The molecule has 1 heterocycles. The number of hydrogen-bond donors (Lipinski definition) is 0. The lowest BCUT2D eigenvalue weighted by Gasteiger charge is -2.51. The summed E-state index contributed by atoms with van der Waals surface area (Å²) >= 11 is 1.81. The summed E-state index contributed by atoms with van der Waals surface area (Å²) in [6, 6.07) is 9.30. The van der Waals surface area contributed by atoms with E-state index in [1.54, 1.807) is 27.7 Å². The second-order valence-electron chi connectivity index (χ2n) is 16.3. The number of nitro groups is 1. The molecule has 1 aliphatic heterocycles. The van der Waals surface area contributed by atoms with Crippen molar-refractivity contribution in [3.05, 3.63) is 115 Å². The Labute approximate surface area is 353 Å². The molecule has 1 aliphatic rings. The highest BCUT2D eigenvalue weighted by molar-refractivity contribution is 8.16. The van der Waals surface area contributed by atoms with Crippen LogP contribution in [0.1, 0.15) is 76.9 Å². The first-order chi connectivity index (χ1) is 27.7. The van der Waals surface area contributed by atoms with Crippen LogP contribution >= 0.6 is 23.5 Å². The van der Waals surface area contributed by atoms with Crippen molar-refractivity contribution in [1.82, 2.24) is 4.90 Å². The zero-order chi connectivity index (χ0) is 45.2. The third-order valence-corrected chi connectivity index (χ3v) is 16.9. The van der Waals surface area contributed by atoms with Gasteiger partial charge in [-0.25, -0.2) is 26.7 Å². The standard InChI is InChI=1S/C41H45F5N2O9S2Si/c1-11-58-36-26(21(2)57-60(9,10)41(6,7)8)35(50)47(36)33(37(51)55-20-22-12-16-24(17-13-22)48(53)54)38(59-39(52)40(3,4)5)56-25-18-14-23(15-19-25)34(49)27-28(42)30(44)32(46)31(45)29(27)43/h12-19,21,26,36H,11,20H2,1-10H3/t21-,26+,36-/m1/s1. The van der Waals surface area contributed by atoms with Crippen LogP contribution in [0.15, 0.2) is 59.3 Å². The summed E-state index contributed by atoms with van der Waals surface area (Å²) in [4.78, 5) is 67.2. The van der Waals surface area contributed by atoms with Crippen LogP contribution in [0.25, 0.3) is 0 Å². The summed E-state index contributed by atoms with van der Waals surface area (Å²) in [6.45, 7) is 18.3. The molecule has 0 unspecified atom stereocenters. The molecule has 0 bridgehead atoms. The van der Waals surface area contributed by atoms with Crippen LogP contribution in [0.5, 0.6) is 5.75 Å². The number of non-ortho nitro benzene ring substituents is 1. The fourth-order valence-electron chi connectivity index (χ4n) is 5.52. The van der Waals surface area contributed by atoms with E-state index in [9.17, 15) is 51.2 Å². The topological polar surface area (TPSA) is 142 Å². The quantitative estimate of drug-likeness (QED) is 0.0123. The summed E-state index contributed by atoms with van der Waals surface area (Å²) in [5.41, 5.74) is -3.54. The number of ketones is 1. The maximum Gasteiger partial charge on any atom is 0.359 e. The number of ether oxygens (including phenoxy) is 2. The molecule has 4 rings (SSSR count). The summed E-state index contributed by atoms with van der Waals surface area (Å²) in [6.07, 6.45) is -0.605. The van der Waals surface area contributed by atoms with E-state index in [0.29, 0.717) is 23.1 Å². The zero-order valence-electron chi connectivity index (χ0n) is 34.5. The van der Waals surface area contributed by atoms with Crippen molar-refractivity contribution in [2.24, 2.45) is 11.3 Å². The van der Waals surface area contributed by atoms with Gasteiger partial charge in [0.15, 0.2) is 48.2 Å². The molecular formula is C41H45F5N2O9S2Si. The van der Waals surface area contributed by atoms with Gasteiger partial charge in [0.1, 0.15) is 17.9 Å². The number of carbonyl (C=O) groups is 4. The van der Waals surface area contributed by atoms with E-state index >= 15 is 0 Å². The summed E-state index contributed by atoms with van der Waals surface area (Å²) in [7, 11) is -2.41. The van der Waals surface area contributed by atoms with Crippen molar-refractivity contribution in [2.75, 3.05) is 5.75 Å². The number of nitro benzene ring substituents is 1. The molecule has 60 heavy (non-hydrogen) atoms. The first kappa shape index (κ1) is 48.1. The number of hydrogen-bond acceptors (Lipinski definition) is 11. The van der Waals surface area contributed by atoms with Crippen molar-refractivity contribution in [3.63, 3.8) is 0 Å². The maximum atomic E-state index is 14.5. The summed E-state index contributed by atoms with van der Waals surface area (Å²) in [5, 5.41) is 9.33. The van der Waals surface area contributed by atoms with E-state index in [0.717, 1.165) is 24.3 Å². The highest BCUT2D eigenvalue weighted by Crippen LogP contribution is 2.46. The Bertz CT molecular complexity index is 2180. The van der Waals surface area contributed by atoms with Crippen molar-refractivity contribution in [3.8, 4) is 5.75 Å². The van der Waals surface area contributed by atoms with Gasteiger partial charge < -0.3 is 13.9 Å². The van der Waals surface area contributed by atoms with E-state index in [1.807, 2.05) is 20.0 Å². The fourth-order valence-corrected chi connectivity index (χ4v) is 9.08. The van der Waals surface area contributed by atoms with Gasteiger partial charge >= 0.3 is 5.97 Å². The lowest BCUT2D eigenvalue weighted by atomic mass is 9.92. The Balaban J connectivity index is 1.84. The van der Waals surface area contributed by atoms with Crippen LogP contribution in [0.4, 0.5) is 27.6 Å². The summed E-state index contributed by atoms with van der Waals surface area (Å²) in [5.74, 6) is -15.3. The van der Waals surface area contributed by atoms with Crippen LogP contribution in [-0.2, 0) is 30.2 Å². The van der Waals surface area contributed by atoms with E-state index in [4.69, 9.17) is 13.9 Å². The molecule has 0 spiro atoms. The largest absolute Gasteiger partial charge is 0.456 e. The third kappa shape index (κ3) is 10.3. The van der Waals surface area contributed by atoms with Crippen LogP contribution in [0.2, 0.25) is 18.1 Å². The number of likely N-dealkylation sites (tertiary alicyclic amines) is 1. The second-order valence-corrected chi connectivity index (χ2v) is 23.4. The van der Waals surface area contributed by atoms with Gasteiger partial charge in [-0.1, -0.05) is 48.5 Å². The number of esters is 1. The Hall–Kier alpha value is -4.59. The number of benzene rings is 3. The highest BCUT2D eigenvalue weighted by atomic mass is 32.2. The monoisotopic (exact) mass is 896 g/mol. The van der Waals surface area contributed by atoms with Gasteiger partial charge in [-0.2, -0.15) is 0 Å². The molecule has 1 amide bonds. The number of amides is 1. The third-order valence-electron chi connectivity index (χ3n) is 9.92. The van der Waals surface area contributed by atoms with Gasteiger partial charge in [0.2, 0.25) is 16.8 Å². The Kier molecular flexibility index (Phi) is 14.9. The average molecular weight is 897 g/mol. The minimum atomic E-state index is -2.43. The molecule has 3 aromatic carbocycles. The average Bonchev–Trinajstić information content (AvgIpc) is 3.16. The zero-order valence-corrected chi connectivity index (χ0v) is 37.2. The molecule has 0 saturated carbocycles. The first-order valence-corrected chi connectivity index (χ1v) is 23.3. The molecule has 0 aromatic heterocycles. The predicted octanol–water partition coefficient (Wildman–Crippen LogP) is 10.1. The lowest BCUT2D eigenvalue weighted by molar-refractivity contribution is -0.384. The number of carbonyl (C=O) groups excluding carboxylic acids is 4. The van der Waals surface area contributed by atoms with Crippen molar-refractivity contribution >= 4 is 60.3 Å². The van der Waals surface area contributed by atoms with Gasteiger partial charge in [0.25, 0.3) is 5.69 Å². The number of β-lactam (4-membered cyclic amide) rings is 1. The van der Waals surface area contributed by atoms with Crippen LogP contribution in [0.3, 0.4) is 0 Å². The molecule has 3 atom stereocenters. The molecule has 3 aromatic rings. The number of nitrogens with zero attached hydrogens (tertiary/aromatic N) is 2. The second kappa shape index (κ2) is 18.6. The molecule has 0 N–H and O–H groups in total. The van der Waals surface area contributed by atoms with Gasteiger partial charge in [0.05, 0.1) is 22.3 Å². The fraction of sp³-hybridized carbons (Fsp3) is 0.415. The molecule has 0 radical (unpaired) electrons. The van der Waals surface area contributed by atoms with Crippen LogP contribution in [-0.4, -0.2) is 58.1 Å². The molecule has 0 aliphatic carbocycles. The number of thioether (sulfide) groups is 2. The minimum absolute atomic E-state index is 0.173. The van der Waals surface area contributed by atoms with Crippen molar-refractivity contribution < 1.29 is 60.0 Å². The molecule has 19 heteroatoms. The number of rotatable bonds is 15. The Morgan fingerprint density at radius 2 is 1.42 bits per heavy atom.